The van der Waals surface area contributed by atoms with Crippen LogP contribution in [0.2, 0.25) is 0 Å². The number of nitrogens with zero attached hydrogens (tertiary/aromatic N) is 1. The molecule has 1 fully saturated rings. The SMILES string of the molecule is CNC(=O)C1CCN(S(=O)(=O)c2ccc(Br)cc2)CC1. The average molecular weight is 361 g/mol. The summed E-state index contributed by atoms with van der Waals surface area (Å²) in [7, 11) is -1.85. The van der Waals surface area contributed by atoms with Crippen LogP contribution in [0, 0.1) is 5.92 Å². The smallest absolute Gasteiger partial charge is 0.243 e. The largest absolute Gasteiger partial charge is 0.359 e. The van der Waals surface area contributed by atoms with Crippen molar-refractivity contribution in [3.63, 3.8) is 0 Å². The molecule has 5 nitrogen and oxygen atoms in total. The van der Waals surface area contributed by atoms with Gasteiger partial charge in [0.2, 0.25) is 15.9 Å². The highest BCUT2D eigenvalue weighted by Gasteiger charge is 2.31. The van der Waals surface area contributed by atoms with Crippen molar-refractivity contribution in [2.75, 3.05) is 20.1 Å². The maximum absolute atomic E-state index is 12.5. The highest BCUT2D eigenvalue weighted by Crippen LogP contribution is 2.24. The lowest BCUT2D eigenvalue weighted by Gasteiger charge is -2.30. The Morgan fingerprint density at radius 3 is 2.30 bits per heavy atom. The van der Waals surface area contributed by atoms with Crippen molar-refractivity contribution in [3.05, 3.63) is 28.7 Å². The minimum absolute atomic E-state index is 0.00862. The summed E-state index contributed by atoms with van der Waals surface area (Å²) in [6.45, 7) is 0.771. The minimum Gasteiger partial charge on any atom is -0.359 e. The van der Waals surface area contributed by atoms with E-state index in [1.807, 2.05) is 0 Å². The first kappa shape index (κ1) is 15.5. The number of sulfonamides is 1. The molecule has 0 bridgehead atoms. The first-order valence-corrected chi connectivity index (χ1v) is 8.66. The van der Waals surface area contributed by atoms with Gasteiger partial charge in [-0.25, -0.2) is 8.42 Å². The normalized spacial score (nSPS) is 17.9. The molecule has 1 amide bonds. The molecule has 0 atom stereocenters. The van der Waals surface area contributed by atoms with Crippen LogP contribution in [-0.2, 0) is 14.8 Å². The van der Waals surface area contributed by atoms with Crippen LogP contribution < -0.4 is 5.32 Å². The van der Waals surface area contributed by atoms with Crippen molar-refractivity contribution in [3.8, 4) is 0 Å². The summed E-state index contributed by atoms with van der Waals surface area (Å²) >= 11 is 3.29. The number of carbonyl (C=O) groups excluding carboxylic acids is 1. The lowest BCUT2D eigenvalue weighted by atomic mass is 9.97. The standard InChI is InChI=1S/C13H17BrN2O3S/c1-15-13(17)10-6-8-16(9-7-10)20(18,19)12-4-2-11(14)3-5-12/h2-5,10H,6-9H2,1H3,(H,15,17). The average Bonchev–Trinajstić information content (AvgIpc) is 2.47. The maximum atomic E-state index is 12.5. The van der Waals surface area contributed by atoms with Crippen molar-refractivity contribution in [2.24, 2.45) is 5.92 Å². The summed E-state index contributed by atoms with van der Waals surface area (Å²) in [4.78, 5) is 11.8. The first-order valence-electron chi connectivity index (χ1n) is 6.42. The van der Waals surface area contributed by atoms with Crippen LogP contribution in [0.1, 0.15) is 12.8 Å². The Labute approximate surface area is 127 Å². The predicted octanol–water partition coefficient (Wildman–Crippen LogP) is 1.60. The number of nitrogens with one attached hydrogen (secondary N) is 1. The van der Waals surface area contributed by atoms with Crippen LogP contribution >= 0.6 is 15.9 Å². The van der Waals surface area contributed by atoms with E-state index in [1.165, 1.54) is 4.31 Å². The minimum atomic E-state index is -3.45. The van der Waals surface area contributed by atoms with Gasteiger partial charge in [0.1, 0.15) is 0 Å². The zero-order valence-electron chi connectivity index (χ0n) is 11.2. The number of benzene rings is 1. The molecule has 7 heteroatoms. The van der Waals surface area contributed by atoms with E-state index in [0.717, 1.165) is 4.47 Å². The van der Waals surface area contributed by atoms with E-state index >= 15 is 0 Å². The highest BCUT2D eigenvalue weighted by atomic mass is 79.9. The number of amides is 1. The van der Waals surface area contributed by atoms with Gasteiger partial charge in [0.05, 0.1) is 4.90 Å². The Hall–Kier alpha value is -0.920. The number of piperidine rings is 1. The lowest BCUT2D eigenvalue weighted by Crippen LogP contribution is -2.42. The first-order chi connectivity index (χ1) is 9.45. The monoisotopic (exact) mass is 360 g/mol. The van der Waals surface area contributed by atoms with Crippen molar-refractivity contribution >= 4 is 31.9 Å². The van der Waals surface area contributed by atoms with Gasteiger partial charge >= 0.3 is 0 Å². The Kier molecular flexibility index (Phi) is 4.82. The van der Waals surface area contributed by atoms with E-state index in [4.69, 9.17) is 0 Å². The number of hydrogen-bond acceptors (Lipinski definition) is 3. The maximum Gasteiger partial charge on any atom is 0.243 e. The van der Waals surface area contributed by atoms with Crippen molar-refractivity contribution < 1.29 is 13.2 Å². The summed E-state index contributed by atoms with van der Waals surface area (Å²) in [5.41, 5.74) is 0. The number of halogens is 1. The second-order valence-electron chi connectivity index (χ2n) is 4.75. The van der Waals surface area contributed by atoms with E-state index in [9.17, 15) is 13.2 Å². The van der Waals surface area contributed by atoms with Crippen LogP contribution in [0.15, 0.2) is 33.6 Å². The van der Waals surface area contributed by atoms with Gasteiger partial charge in [-0.2, -0.15) is 4.31 Å². The summed E-state index contributed by atoms with van der Waals surface area (Å²) in [6, 6.07) is 6.60. The molecule has 0 unspecified atom stereocenters. The van der Waals surface area contributed by atoms with E-state index in [2.05, 4.69) is 21.2 Å². The van der Waals surface area contributed by atoms with Crippen LogP contribution in [0.3, 0.4) is 0 Å². The fourth-order valence-electron chi connectivity index (χ4n) is 2.32. The second-order valence-corrected chi connectivity index (χ2v) is 7.60. The molecule has 1 aliphatic heterocycles. The molecule has 0 saturated carbocycles. The van der Waals surface area contributed by atoms with Gasteiger partial charge in [-0.05, 0) is 37.1 Å². The van der Waals surface area contributed by atoms with Gasteiger partial charge in [-0.3, -0.25) is 4.79 Å². The Morgan fingerprint density at radius 1 is 1.25 bits per heavy atom. The number of rotatable bonds is 3. The molecule has 110 valence electrons. The molecule has 1 saturated heterocycles. The molecule has 20 heavy (non-hydrogen) atoms. The van der Waals surface area contributed by atoms with Crippen molar-refractivity contribution in [1.29, 1.82) is 0 Å². The quantitative estimate of drug-likeness (QED) is 0.889. The van der Waals surface area contributed by atoms with Crippen molar-refractivity contribution in [2.45, 2.75) is 17.7 Å². The van der Waals surface area contributed by atoms with E-state index in [0.29, 0.717) is 30.8 Å². The fourth-order valence-corrected chi connectivity index (χ4v) is 4.05. The topological polar surface area (TPSA) is 66.5 Å². The third-order valence-electron chi connectivity index (χ3n) is 3.52. The fraction of sp³-hybridized carbons (Fsp3) is 0.462. The molecule has 1 heterocycles. The summed E-state index contributed by atoms with van der Waals surface area (Å²) < 4.78 is 27.2. The molecule has 1 aromatic rings. The molecule has 1 N–H and O–H groups in total. The molecule has 0 aromatic heterocycles. The highest BCUT2D eigenvalue weighted by molar-refractivity contribution is 9.10. The Balaban J connectivity index is 2.09. The molecule has 0 spiro atoms. The van der Waals surface area contributed by atoms with E-state index in [1.54, 1.807) is 31.3 Å². The zero-order chi connectivity index (χ0) is 14.8. The molecule has 2 rings (SSSR count). The van der Waals surface area contributed by atoms with Gasteiger partial charge in [0.25, 0.3) is 0 Å². The molecule has 0 radical (unpaired) electrons. The van der Waals surface area contributed by atoms with Crippen molar-refractivity contribution in [1.82, 2.24) is 9.62 Å². The van der Waals surface area contributed by atoms with Gasteiger partial charge in [0.15, 0.2) is 0 Å². The van der Waals surface area contributed by atoms with Gasteiger partial charge in [-0.1, -0.05) is 15.9 Å². The van der Waals surface area contributed by atoms with Gasteiger partial charge in [-0.15, -0.1) is 0 Å². The van der Waals surface area contributed by atoms with Crippen LogP contribution in [0.25, 0.3) is 0 Å². The molecular weight excluding hydrogens is 344 g/mol. The molecular formula is C13H17BrN2O3S. The van der Waals surface area contributed by atoms with Gasteiger partial charge < -0.3 is 5.32 Å². The zero-order valence-corrected chi connectivity index (χ0v) is 13.6. The third-order valence-corrected chi connectivity index (χ3v) is 5.96. The lowest BCUT2D eigenvalue weighted by molar-refractivity contribution is -0.125. The Morgan fingerprint density at radius 2 is 1.80 bits per heavy atom. The number of hydrogen-bond donors (Lipinski definition) is 1. The molecule has 0 aliphatic carbocycles. The summed E-state index contributed by atoms with van der Waals surface area (Å²) in [6.07, 6.45) is 1.13. The Bertz CT molecular complexity index is 578. The van der Waals surface area contributed by atoms with Crippen LogP contribution in [-0.4, -0.2) is 38.8 Å². The predicted molar refractivity (Wildman–Crippen MR) is 79.7 cm³/mol. The molecule has 1 aromatic carbocycles. The van der Waals surface area contributed by atoms with E-state index < -0.39 is 10.0 Å². The van der Waals surface area contributed by atoms with Gasteiger partial charge in [0, 0.05) is 30.5 Å². The third kappa shape index (κ3) is 3.21. The van der Waals surface area contributed by atoms with Crippen LogP contribution in [0.4, 0.5) is 0 Å². The van der Waals surface area contributed by atoms with Crippen LogP contribution in [0.5, 0.6) is 0 Å². The number of carbonyl (C=O) groups is 1. The summed E-state index contributed by atoms with van der Waals surface area (Å²) in [5.74, 6) is -0.0953. The molecule has 1 aliphatic rings. The van der Waals surface area contributed by atoms with E-state index in [-0.39, 0.29) is 11.8 Å². The summed E-state index contributed by atoms with van der Waals surface area (Å²) in [5, 5.41) is 2.61. The second kappa shape index (κ2) is 6.24.